The standard InChI is InChI=1S/C20H19NO4/c1-13-5-6-18-17(9-13)20(25)15(12-21(18)8-7-19(23)24)10-14-3-2-4-16(22)11-14/h2-6,9,11-12,22H,7-8,10H2,1H3,(H,23,24). The maximum atomic E-state index is 12.9. The van der Waals surface area contributed by atoms with E-state index in [4.69, 9.17) is 5.11 Å². The van der Waals surface area contributed by atoms with Crippen LogP contribution in [0.25, 0.3) is 10.9 Å². The number of carbonyl (C=O) groups is 1. The number of rotatable bonds is 5. The van der Waals surface area contributed by atoms with Gasteiger partial charge >= 0.3 is 5.97 Å². The molecule has 0 fully saturated rings. The molecule has 0 saturated carbocycles. The molecule has 3 aromatic rings. The largest absolute Gasteiger partial charge is 0.508 e. The van der Waals surface area contributed by atoms with E-state index in [1.54, 1.807) is 24.4 Å². The Morgan fingerprint density at radius 3 is 2.68 bits per heavy atom. The van der Waals surface area contributed by atoms with E-state index >= 15 is 0 Å². The van der Waals surface area contributed by atoms with Crippen LogP contribution in [0.5, 0.6) is 5.75 Å². The number of carboxylic acids is 1. The number of aromatic hydroxyl groups is 1. The highest BCUT2D eigenvalue weighted by Crippen LogP contribution is 2.18. The Morgan fingerprint density at radius 2 is 1.96 bits per heavy atom. The fourth-order valence-corrected chi connectivity index (χ4v) is 2.98. The molecule has 2 aromatic carbocycles. The lowest BCUT2D eigenvalue weighted by Gasteiger charge is -2.13. The number of phenols is 1. The van der Waals surface area contributed by atoms with Gasteiger partial charge in [0, 0.05) is 30.1 Å². The third-order valence-electron chi connectivity index (χ3n) is 4.18. The minimum Gasteiger partial charge on any atom is -0.508 e. The fourth-order valence-electron chi connectivity index (χ4n) is 2.98. The molecular formula is C20H19NO4. The Hall–Kier alpha value is -3.08. The number of hydrogen-bond donors (Lipinski definition) is 2. The molecule has 0 aliphatic rings. The quantitative estimate of drug-likeness (QED) is 0.750. The average Bonchev–Trinajstić information content (AvgIpc) is 2.56. The first-order valence-electron chi connectivity index (χ1n) is 8.06. The molecule has 3 rings (SSSR count). The van der Waals surface area contributed by atoms with E-state index in [2.05, 4.69) is 0 Å². The highest BCUT2D eigenvalue weighted by Gasteiger charge is 2.11. The van der Waals surface area contributed by atoms with Gasteiger partial charge in [0.25, 0.3) is 0 Å². The van der Waals surface area contributed by atoms with Gasteiger partial charge in [-0.3, -0.25) is 9.59 Å². The lowest BCUT2D eigenvalue weighted by molar-refractivity contribution is -0.137. The van der Waals surface area contributed by atoms with E-state index < -0.39 is 5.97 Å². The van der Waals surface area contributed by atoms with Gasteiger partial charge in [-0.05, 0) is 36.8 Å². The summed E-state index contributed by atoms with van der Waals surface area (Å²) in [5, 5.41) is 19.2. The van der Waals surface area contributed by atoms with Crippen LogP contribution in [0.4, 0.5) is 0 Å². The van der Waals surface area contributed by atoms with Gasteiger partial charge in [0.05, 0.1) is 11.9 Å². The third kappa shape index (κ3) is 3.71. The third-order valence-corrected chi connectivity index (χ3v) is 4.18. The molecule has 0 unspecified atom stereocenters. The van der Waals surface area contributed by atoms with Gasteiger partial charge in [-0.1, -0.05) is 23.8 Å². The number of nitrogens with zero attached hydrogens (tertiary/aromatic N) is 1. The van der Waals surface area contributed by atoms with E-state index in [0.29, 0.717) is 23.9 Å². The normalized spacial score (nSPS) is 10.9. The Bertz CT molecular complexity index is 1000. The number of hydrogen-bond acceptors (Lipinski definition) is 3. The zero-order valence-corrected chi connectivity index (χ0v) is 13.9. The van der Waals surface area contributed by atoms with E-state index in [0.717, 1.165) is 16.6 Å². The number of fused-ring (bicyclic) bond motifs is 1. The highest BCUT2D eigenvalue weighted by molar-refractivity contribution is 5.80. The summed E-state index contributed by atoms with van der Waals surface area (Å²) >= 11 is 0. The molecule has 0 spiro atoms. The lowest BCUT2D eigenvalue weighted by Crippen LogP contribution is -2.16. The van der Waals surface area contributed by atoms with E-state index in [9.17, 15) is 14.7 Å². The van der Waals surface area contributed by atoms with Gasteiger partial charge in [-0.25, -0.2) is 0 Å². The highest BCUT2D eigenvalue weighted by atomic mass is 16.4. The van der Waals surface area contributed by atoms with Crippen LogP contribution in [0.1, 0.15) is 23.1 Å². The van der Waals surface area contributed by atoms with Gasteiger partial charge in [0.1, 0.15) is 5.75 Å². The minimum atomic E-state index is -0.881. The Kier molecular flexibility index (Phi) is 4.57. The fraction of sp³-hybridized carbons (Fsp3) is 0.200. The van der Waals surface area contributed by atoms with Crippen molar-refractivity contribution in [3.05, 3.63) is 75.6 Å². The van der Waals surface area contributed by atoms with Crippen LogP contribution >= 0.6 is 0 Å². The van der Waals surface area contributed by atoms with Crippen LogP contribution in [0.15, 0.2) is 53.5 Å². The summed E-state index contributed by atoms with van der Waals surface area (Å²) in [5.74, 6) is -0.728. The Morgan fingerprint density at radius 1 is 1.16 bits per heavy atom. The second-order valence-corrected chi connectivity index (χ2v) is 6.19. The molecule has 0 aliphatic heterocycles. The van der Waals surface area contributed by atoms with Crippen LogP contribution in [0, 0.1) is 6.92 Å². The van der Waals surface area contributed by atoms with Crippen molar-refractivity contribution < 1.29 is 15.0 Å². The summed E-state index contributed by atoms with van der Waals surface area (Å²) in [6, 6.07) is 12.4. The first kappa shape index (κ1) is 16.8. The molecule has 0 atom stereocenters. The molecule has 1 heterocycles. The summed E-state index contributed by atoms with van der Waals surface area (Å²) in [5.41, 5.74) is 3.05. The number of phenolic OH excluding ortho intramolecular Hbond substituents is 1. The second kappa shape index (κ2) is 6.81. The summed E-state index contributed by atoms with van der Waals surface area (Å²) in [7, 11) is 0. The molecule has 5 nitrogen and oxygen atoms in total. The predicted molar refractivity (Wildman–Crippen MR) is 96.1 cm³/mol. The van der Waals surface area contributed by atoms with Crippen molar-refractivity contribution in [3.8, 4) is 5.75 Å². The molecule has 1 aromatic heterocycles. The smallest absolute Gasteiger partial charge is 0.305 e. The molecule has 0 aliphatic carbocycles. The Balaban J connectivity index is 2.12. The topological polar surface area (TPSA) is 79.5 Å². The molecule has 0 radical (unpaired) electrons. The molecule has 0 amide bonds. The number of aromatic nitrogens is 1. The van der Waals surface area contributed by atoms with Crippen molar-refractivity contribution >= 4 is 16.9 Å². The molecule has 128 valence electrons. The molecule has 0 saturated heterocycles. The van der Waals surface area contributed by atoms with Gasteiger partial charge in [-0.2, -0.15) is 0 Å². The first-order chi connectivity index (χ1) is 11.9. The van der Waals surface area contributed by atoms with Crippen molar-refractivity contribution in [3.63, 3.8) is 0 Å². The average molecular weight is 337 g/mol. The molecular weight excluding hydrogens is 318 g/mol. The Labute approximate surface area is 144 Å². The minimum absolute atomic E-state index is 0.0165. The molecule has 0 bridgehead atoms. The molecule has 5 heteroatoms. The van der Waals surface area contributed by atoms with Crippen LogP contribution < -0.4 is 5.43 Å². The summed E-state index contributed by atoms with van der Waals surface area (Å²) in [6.07, 6.45) is 2.09. The van der Waals surface area contributed by atoms with Crippen molar-refractivity contribution in [1.29, 1.82) is 0 Å². The van der Waals surface area contributed by atoms with Crippen LogP contribution in [-0.2, 0) is 17.8 Å². The zero-order chi connectivity index (χ0) is 18.0. The number of benzene rings is 2. The van der Waals surface area contributed by atoms with Crippen molar-refractivity contribution in [2.45, 2.75) is 26.3 Å². The summed E-state index contributed by atoms with van der Waals surface area (Å²) in [4.78, 5) is 23.8. The van der Waals surface area contributed by atoms with Crippen molar-refractivity contribution in [1.82, 2.24) is 4.57 Å². The monoisotopic (exact) mass is 337 g/mol. The van der Waals surface area contributed by atoms with Gasteiger partial charge in [0.15, 0.2) is 5.43 Å². The molecule has 25 heavy (non-hydrogen) atoms. The van der Waals surface area contributed by atoms with Gasteiger partial charge in [0.2, 0.25) is 0 Å². The van der Waals surface area contributed by atoms with E-state index in [1.165, 1.54) is 0 Å². The van der Waals surface area contributed by atoms with E-state index in [1.807, 2.05) is 35.8 Å². The number of carboxylic acid groups (broad SMARTS) is 1. The summed E-state index contributed by atoms with van der Waals surface area (Å²) < 4.78 is 1.82. The lowest BCUT2D eigenvalue weighted by atomic mass is 10.0. The summed E-state index contributed by atoms with van der Waals surface area (Å²) in [6.45, 7) is 2.21. The van der Waals surface area contributed by atoms with Gasteiger partial charge in [-0.15, -0.1) is 0 Å². The van der Waals surface area contributed by atoms with Crippen molar-refractivity contribution in [2.75, 3.05) is 0 Å². The van der Waals surface area contributed by atoms with Crippen LogP contribution in [0.3, 0.4) is 0 Å². The van der Waals surface area contributed by atoms with Crippen LogP contribution in [0.2, 0.25) is 0 Å². The number of aliphatic carboxylic acids is 1. The predicted octanol–water partition coefficient (Wildman–Crippen LogP) is 3.08. The first-order valence-corrected chi connectivity index (χ1v) is 8.06. The SMILES string of the molecule is Cc1ccc2c(c1)c(=O)c(Cc1cccc(O)c1)cn2CCC(=O)O. The second-order valence-electron chi connectivity index (χ2n) is 6.19. The zero-order valence-electron chi connectivity index (χ0n) is 13.9. The maximum Gasteiger partial charge on any atom is 0.305 e. The number of aryl methyl sites for hydroxylation is 2. The molecule has 2 N–H and O–H groups in total. The number of pyridine rings is 1. The maximum absolute atomic E-state index is 12.9. The van der Waals surface area contributed by atoms with Crippen LogP contribution in [-0.4, -0.2) is 20.7 Å². The van der Waals surface area contributed by atoms with Crippen molar-refractivity contribution in [2.24, 2.45) is 0 Å². The van der Waals surface area contributed by atoms with E-state index in [-0.39, 0.29) is 17.6 Å². The van der Waals surface area contributed by atoms with Gasteiger partial charge < -0.3 is 14.8 Å².